The van der Waals surface area contributed by atoms with Gasteiger partial charge in [-0.2, -0.15) is 0 Å². The number of carbonyl (C=O) groups is 2. The van der Waals surface area contributed by atoms with Gasteiger partial charge in [-0.15, -0.1) is 0 Å². The van der Waals surface area contributed by atoms with E-state index >= 15 is 0 Å². The van der Waals surface area contributed by atoms with Crippen LogP contribution in [0.15, 0.2) is 0 Å². The van der Waals surface area contributed by atoms with E-state index in [1.807, 2.05) is 13.8 Å². The molecule has 2 rings (SSSR count). The normalized spacial score (nSPS) is 33.6. The van der Waals surface area contributed by atoms with E-state index in [0.717, 1.165) is 12.8 Å². The Kier molecular flexibility index (Phi) is 1.84. The van der Waals surface area contributed by atoms with Gasteiger partial charge in [0.15, 0.2) is 0 Å². The molecule has 0 radical (unpaired) electrons. The first-order chi connectivity index (χ1) is 6.44. The van der Waals surface area contributed by atoms with Crippen LogP contribution in [0.5, 0.6) is 0 Å². The predicted molar refractivity (Wildman–Crippen MR) is 51.1 cm³/mol. The van der Waals surface area contributed by atoms with E-state index in [4.69, 9.17) is 5.73 Å². The fourth-order valence-corrected chi connectivity index (χ4v) is 2.18. The van der Waals surface area contributed by atoms with Crippen molar-refractivity contribution in [2.75, 3.05) is 0 Å². The van der Waals surface area contributed by atoms with Crippen LogP contribution in [0.2, 0.25) is 0 Å². The second kappa shape index (κ2) is 2.72. The topological polar surface area (TPSA) is 72.2 Å². The highest BCUT2D eigenvalue weighted by molar-refractivity contribution is 5.93. The van der Waals surface area contributed by atoms with Crippen LogP contribution in [0.3, 0.4) is 0 Å². The molecule has 2 saturated carbocycles. The van der Waals surface area contributed by atoms with Gasteiger partial charge in [-0.3, -0.25) is 9.59 Å². The van der Waals surface area contributed by atoms with E-state index in [1.165, 1.54) is 0 Å². The molecule has 2 fully saturated rings. The van der Waals surface area contributed by atoms with E-state index < -0.39 is 0 Å². The first-order valence-electron chi connectivity index (χ1n) is 5.04. The molecule has 2 aliphatic carbocycles. The molecular weight excluding hydrogens is 180 g/mol. The van der Waals surface area contributed by atoms with Crippen molar-refractivity contribution in [2.24, 2.45) is 23.0 Å². The molecule has 78 valence electrons. The van der Waals surface area contributed by atoms with E-state index in [0.29, 0.717) is 6.04 Å². The van der Waals surface area contributed by atoms with Gasteiger partial charge in [0.2, 0.25) is 11.8 Å². The molecule has 14 heavy (non-hydrogen) atoms. The van der Waals surface area contributed by atoms with Crippen molar-refractivity contribution in [3.05, 3.63) is 0 Å². The SMILES string of the molecule is CC1(C)C(C(N)=O)C1C(=O)NC1CC1. The minimum atomic E-state index is -0.356. The van der Waals surface area contributed by atoms with Gasteiger partial charge < -0.3 is 11.1 Å². The first kappa shape index (κ1) is 9.49. The van der Waals surface area contributed by atoms with E-state index in [1.54, 1.807) is 0 Å². The lowest BCUT2D eigenvalue weighted by Crippen LogP contribution is -2.29. The van der Waals surface area contributed by atoms with Crippen molar-refractivity contribution in [1.82, 2.24) is 5.32 Å². The van der Waals surface area contributed by atoms with Gasteiger partial charge in [-0.1, -0.05) is 13.8 Å². The van der Waals surface area contributed by atoms with Crippen LogP contribution in [-0.2, 0) is 9.59 Å². The van der Waals surface area contributed by atoms with E-state index in [-0.39, 0.29) is 29.1 Å². The second-order valence-corrected chi connectivity index (χ2v) is 4.96. The predicted octanol–water partition coefficient (Wildman–Crippen LogP) is 0.0225. The van der Waals surface area contributed by atoms with Gasteiger partial charge in [-0.05, 0) is 18.3 Å². The number of hydrogen-bond donors (Lipinski definition) is 2. The third-order valence-corrected chi connectivity index (χ3v) is 3.34. The Morgan fingerprint density at radius 3 is 2.21 bits per heavy atom. The van der Waals surface area contributed by atoms with Gasteiger partial charge >= 0.3 is 0 Å². The molecule has 0 saturated heterocycles. The molecule has 4 nitrogen and oxygen atoms in total. The summed E-state index contributed by atoms with van der Waals surface area (Å²) in [4.78, 5) is 22.7. The zero-order chi connectivity index (χ0) is 10.5. The minimum Gasteiger partial charge on any atom is -0.369 e. The largest absolute Gasteiger partial charge is 0.369 e. The molecule has 2 unspecified atom stereocenters. The third-order valence-electron chi connectivity index (χ3n) is 3.34. The zero-order valence-electron chi connectivity index (χ0n) is 8.54. The van der Waals surface area contributed by atoms with Gasteiger partial charge in [-0.25, -0.2) is 0 Å². The maximum absolute atomic E-state index is 11.7. The Hall–Kier alpha value is -1.06. The lowest BCUT2D eigenvalue weighted by atomic mass is 10.1. The average Bonchev–Trinajstić information content (AvgIpc) is 2.87. The molecule has 2 aliphatic rings. The van der Waals surface area contributed by atoms with E-state index in [9.17, 15) is 9.59 Å². The van der Waals surface area contributed by atoms with Crippen LogP contribution in [-0.4, -0.2) is 17.9 Å². The van der Waals surface area contributed by atoms with Gasteiger partial charge in [0.25, 0.3) is 0 Å². The molecule has 2 amide bonds. The van der Waals surface area contributed by atoms with Gasteiger partial charge in [0, 0.05) is 6.04 Å². The van der Waals surface area contributed by atoms with Crippen molar-refractivity contribution in [3.8, 4) is 0 Å². The summed E-state index contributed by atoms with van der Waals surface area (Å²) < 4.78 is 0. The zero-order valence-corrected chi connectivity index (χ0v) is 8.54. The highest BCUT2D eigenvalue weighted by atomic mass is 16.2. The van der Waals surface area contributed by atoms with Crippen LogP contribution in [0.25, 0.3) is 0 Å². The van der Waals surface area contributed by atoms with E-state index in [2.05, 4.69) is 5.32 Å². The van der Waals surface area contributed by atoms with Crippen molar-refractivity contribution in [3.63, 3.8) is 0 Å². The summed E-state index contributed by atoms with van der Waals surface area (Å²) >= 11 is 0. The smallest absolute Gasteiger partial charge is 0.224 e. The second-order valence-electron chi connectivity index (χ2n) is 4.96. The van der Waals surface area contributed by atoms with Crippen LogP contribution < -0.4 is 11.1 Å². The molecule has 0 bridgehead atoms. The quantitative estimate of drug-likeness (QED) is 0.668. The molecule has 0 aromatic heterocycles. The summed E-state index contributed by atoms with van der Waals surface area (Å²) in [7, 11) is 0. The van der Waals surface area contributed by atoms with Gasteiger partial charge in [0.05, 0.1) is 11.8 Å². The minimum absolute atomic E-state index is 0.00120. The Morgan fingerprint density at radius 1 is 1.29 bits per heavy atom. The fourth-order valence-electron chi connectivity index (χ4n) is 2.18. The van der Waals surface area contributed by atoms with Crippen molar-refractivity contribution in [1.29, 1.82) is 0 Å². The summed E-state index contributed by atoms with van der Waals surface area (Å²) in [6.07, 6.45) is 2.14. The summed E-state index contributed by atoms with van der Waals surface area (Å²) in [5.41, 5.74) is 4.98. The van der Waals surface area contributed by atoms with Crippen LogP contribution in [0.1, 0.15) is 26.7 Å². The summed E-state index contributed by atoms with van der Waals surface area (Å²) in [5.74, 6) is -0.839. The maximum Gasteiger partial charge on any atom is 0.224 e. The number of nitrogens with two attached hydrogens (primary N) is 1. The lowest BCUT2D eigenvalue weighted by Gasteiger charge is -2.03. The van der Waals surface area contributed by atoms with Crippen LogP contribution in [0, 0.1) is 17.3 Å². The number of primary amides is 1. The highest BCUT2D eigenvalue weighted by Crippen LogP contribution is 2.58. The first-order valence-corrected chi connectivity index (χ1v) is 5.04. The molecular formula is C10H16N2O2. The van der Waals surface area contributed by atoms with Crippen molar-refractivity contribution >= 4 is 11.8 Å². The Bertz CT molecular complexity index is 294. The Balaban J connectivity index is 1.98. The molecule has 0 spiro atoms. The maximum atomic E-state index is 11.7. The van der Waals surface area contributed by atoms with Crippen molar-refractivity contribution < 1.29 is 9.59 Å². The molecule has 0 heterocycles. The average molecular weight is 196 g/mol. The molecule has 3 N–H and O–H groups in total. The van der Waals surface area contributed by atoms with Crippen LogP contribution in [0.4, 0.5) is 0 Å². The monoisotopic (exact) mass is 196 g/mol. The standard InChI is InChI=1S/C10H16N2O2/c1-10(2)6(8(11)13)7(10)9(14)12-5-3-4-5/h5-7H,3-4H2,1-2H3,(H2,11,13)(H,12,14). The lowest BCUT2D eigenvalue weighted by molar-refractivity contribution is -0.126. The van der Waals surface area contributed by atoms with Crippen LogP contribution >= 0.6 is 0 Å². The number of amides is 2. The number of carbonyl (C=O) groups excluding carboxylic acids is 2. The molecule has 0 aliphatic heterocycles. The fraction of sp³-hybridized carbons (Fsp3) is 0.800. The van der Waals surface area contributed by atoms with Gasteiger partial charge in [0.1, 0.15) is 0 Å². The summed E-state index contributed by atoms with van der Waals surface area (Å²) in [6.45, 7) is 3.83. The summed E-state index contributed by atoms with van der Waals surface area (Å²) in [5, 5.41) is 2.91. The van der Waals surface area contributed by atoms with Crippen molar-refractivity contribution in [2.45, 2.75) is 32.7 Å². The molecule has 2 atom stereocenters. The Labute approximate surface area is 83.2 Å². The number of nitrogens with one attached hydrogen (secondary N) is 1. The number of rotatable bonds is 3. The summed E-state index contributed by atoms with van der Waals surface area (Å²) in [6, 6.07) is 0.354. The Morgan fingerprint density at radius 2 is 1.86 bits per heavy atom. The highest BCUT2D eigenvalue weighted by Gasteiger charge is 2.65. The molecule has 0 aromatic carbocycles. The number of hydrogen-bond acceptors (Lipinski definition) is 2. The third kappa shape index (κ3) is 1.38. The molecule has 0 aromatic rings. The molecule has 4 heteroatoms.